The minimum absolute atomic E-state index is 0.266. The summed E-state index contributed by atoms with van der Waals surface area (Å²) in [7, 11) is 0.323. The molecule has 0 aliphatic heterocycles. The number of alkyl halides is 1. The van der Waals surface area contributed by atoms with Crippen LogP contribution in [0.5, 0.6) is 0 Å². The number of aryl methyl sites for hydroxylation is 1. The van der Waals surface area contributed by atoms with Crippen LogP contribution in [-0.2, 0) is 16.4 Å². The molecule has 0 radical (unpaired) electrons. The molecular weight excluding hydrogens is 364 g/mol. The van der Waals surface area contributed by atoms with Gasteiger partial charge in [-0.15, -0.1) is 0 Å². The molecule has 6 heteroatoms. The van der Waals surface area contributed by atoms with Gasteiger partial charge in [0, 0.05) is 30.8 Å². The third-order valence-electron chi connectivity index (χ3n) is 3.25. The molecule has 0 aliphatic carbocycles. The van der Waals surface area contributed by atoms with Gasteiger partial charge in [-0.25, -0.2) is 8.42 Å². The summed E-state index contributed by atoms with van der Waals surface area (Å²) in [5.41, 5.74) is 2.67. The molecule has 2 aromatic carbocycles. The molecule has 22 heavy (non-hydrogen) atoms. The molecule has 0 atom stereocenters. The lowest BCUT2D eigenvalue weighted by atomic mass is 10.2. The average Bonchev–Trinajstić information content (AvgIpc) is 2.48. The highest BCUT2D eigenvalue weighted by molar-refractivity contribution is 9.09. The van der Waals surface area contributed by atoms with Gasteiger partial charge in [0.25, 0.3) is 10.0 Å². The summed E-state index contributed by atoms with van der Waals surface area (Å²) in [5.74, 6) is 0. The average molecular weight is 383 g/mol. The van der Waals surface area contributed by atoms with Crippen LogP contribution in [0.4, 0.5) is 11.4 Å². The summed E-state index contributed by atoms with van der Waals surface area (Å²) in [6.45, 7) is 0. The number of anilines is 2. The molecule has 0 aliphatic rings. The van der Waals surface area contributed by atoms with Crippen molar-refractivity contribution < 1.29 is 8.42 Å². The van der Waals surface area contributed by atoms with Crippen molar-refractivity contribution in [2.75, 3.05) is 29.0 Å². The molecule has 0 saturated heterocycles. The fourth-order valence-corrected chi connectivity index (χ4v) is 3.50. The van der Waals surface area contributed by atoms with E-state index in [4.69, 9.17) is 0 Å². The van der Waals surface area contributed by atoms with Crippen LogP contribution in [-0.4, -0.2) is 27.8 Å². The van der Waals surface area contributed by atoms with E-state index in [1.165, 1.54) is 0 Å². The van der Waals surface area contributed by atoms with E-state index in [1.54, 1.807) is 24.3 Å². The number of sulfonamides is 1. The molecule has 0 amide bonds. The zero-order valence-electron chi connectivity index (χ0n) is 12.6. The van der Waals surface area contributed by atoms with Gasteiger partial charge in [-0.3, -0.25) is 4.72 Å². The summed E-state index contributed by atoms with van der Waals surface area (Å²) in [6.07, 6.45) is 0.875. The van der Waals surface area contributed by atoms with Gasteiger partial charge in [-0.2, -0.15) is 0 Å². The first-order valence-corrected chi connectivity index (χ1v) is 9.48. The van der Waals surface area contributed by atoms with E-state index in [9.17, 15) is 8.42 Å². The van der Waals surface area contributed by atoms with Crippen molar-refractivity contribution in [2.24, 2.45) is 0 Å². The van der Waals surface area contributed by atoms with E-state index in [1.807, 2.05) is 43.3 Å². The molecule has 0 bridgehead atoms. The Labute approximate surface area is 140 Å². The van der Waals surface area contributed by atoms with Crippen molar-refractivity contribution in [2.45, 2.75) is 11.3 Å². The molecule has 1 N–H and O–H groups in total. The second-order valence-electron chi connectivity index (χ2n) is 5.13. The first-order valence-electron chi connectivity index (χ1n) is 6.87. The number of hydrogen-bond donors (Lipinski definition) is 1. The molecule has 0 spiro atoms. The Morgan fingerprint density at radius 2 is 1.59 bits per heavy atom. The van der Waals surface area contributed by atoms with Gasteiger partial charge in [0.2, 0.25) is 0 Å². The SMILES string of the molecule is CN(C)c1ccc(NS(=O)(=O)c2ccc(CCBr)cc2)cc1. The summed E-state index contributed by atoms with van der Waals surface area (Å²) < 4.78 is 27.3. The molecule has 0 aromatic heterocycles. The number of nitrogens with one attached hydrogen (secondary N) is 1. The van der Waals surface area contributed by atoms with Crippen LogP contribution in [0.3, 0.4) is 0 Å². The predicted octanol–water partition coefficient (Wildman–Crippen LogP) is 3.49. The molecule has 0 saturated carbocycles. The third-order valence-corrected chi connectivity index (χ3v) is 5.05. The number of halogens is 1. The Hall–Kier alpha value is -1.53. The van der Waals surface area contributed by atoms with Crippen LogP contribution < -0.4 is 9.62 Å². The Morgan fingerprint density at radius 3 is 2.09 bits per heavy atom. The van der Waals surface area contributed by atoms with E-state index in [0.717, 1.165) is 23.0 Å². The fraction of sp³-hybridized carbons (Fsp3) is 0.250. The van der Waals surface area contributed by atoms with Gasteiger partial charge in [-0.1, -0.05) is 28.1 Å². The highest BCUT2D eigenvalue weighted by Gasteiger charge is 2.14. The molecule has 2 aromatic rings. The van der Waals surface area contributed by atoms with Crippen LogP contribution in [0.1, 0.15) is 5.56 Å². The second-order valence-corrected chi connectivity index (χ2v) is 7.61. The standard InChI is InChI=1S/C16H19BrN2O2S/c1-19(2)15-7-5-14(6-8-15)18-22(20,21)16-9-3-13(4-10-16)11-12-17/h3-10,18H,11-12H2,1-2H3. The predicted molar refractivity (Wildman–Crippen MR) is 95.5 cm³/mol. The molecule has 0 unspecified atom stereocenters. The quantitative estimate of drug-likeness (QED) is 0.777. The molecule has 4 nitrogen and oxygen atoms in total. The number of hydrogen-bond acceptors (Lipinski definition) is 3. The summed E-state index contributed by atoms with van der Waals surface area (Å²) in [4.78, 5) is 2.23. The molecular formula is C16H19BrN2O2S. The minimum atomic E-state index is -3.55. The Balaban J connectivity index is 2.16. The third kappa shape index (κ3) is 4.24. The lowest BCUT2D eigenvalue weighted by Gasteiger charge is -2.13. The number of rotatable bonds is 6. The maximum absolute atomic E-state index is 12.4. The van der Waals surface area contributed by atoms with Gasteiger partial charge < -0.3 is 4.90 Å². The number of benzene rings is 2. The van der Waals surface area contributed by atoms with E-state index >= 15 is 0 Å². The highest BCUT2D eigenvalue weighted by Crippen LogP contribution is 2.20. The van der Waals surface area contributed by atoms with Crippen LogP contribution in [0.2, 0.25) is 0 Å². The fourth-order valence-electron chi connectivity index (χ4n) is 1.99. The van der Waals surface area contributed by atoms with Gasteiger partial charge in [0.15, 0.2) is 0 Å². The maximum atomic E-state index is 12.4. The van der Waals surface area contributed by atoms with Crippen molar-refractivity contribution in [1.82, 2.24) is 0 Å². The van der Waals surface area contributed by atoms with Crippen LogP contribution in [0.15, 0.2) is 53.4 Å². The second kappa shape index (κ2) is 7.15. The van der Waals surface area contributed by atoms with Crippen LogP contribution in [0, 0.1) is 0 Å². The first kappa shape index (κ1) is 16.8. The molecule has 2 rings (SSSR count). The summed E-state index contributed by atoms with van der Waals surface area (Å²) in [6, 6.07) is 14.2. The summed E-state index contributed by atoms with van der Waals surface area (Å²) >= 11 is 3.37. The van der Waals surface area contributed by atoms with E-state index < -0.39 is 10.0 Å². The normalized spacial score (nSPS) is 11.2. The highest BCUT2D eigenvalue weighted by atomic mass is 79.9. The van der Waals surface area contributed by atoms with Crippen molar-refractivity contribution in [3.63, 3.8) is 0 Å². The van der Waals surface area contributed by atoms with Crippen molar-refractivity contribution in [1.29, 1.82) is 0 Å². The monoisotopic (exact) mass is 382 g/mol. The smallest absolute Gasteiger partial charge is 0.261 e. The van der Waals surface area contributed by atoms with Crippen molar-refractivity contribution in [3.8, 4) is 0 Å². The lowest BCUT2D eigenvalue weighted by molar-refractivity contribution is 0.601. The molecule has 118 valence electrons. The van der Waals surface area contributed by atoms with Gasteiger partial charge in [0.1, 0.15) is 0 Å². The Kier molecular flexibility index (Phi) is 5.47. The van der Waals surface area contributed by atoms with E-state index in [-0.39, 0.29) is 4.90 Å². The number of nitrogens with zero attached hydrogens (tertiary/aromatic N) is 1. The van der Waals surface area contributed by atoms with Crippen LogP contribution >= 0.6 is 15.9 Å². The lowest BCUT2D eigenvalue weighted by Crippen LogP contribution is -2.13. The van der Waals surface area contributed by atoms with E-state index in [2.05, 4.69) is 20.7 Å². The van der Waals surface area contributed by atoms with Crippen molar-refractivity contribution >= 4 is 37.3 Å². The zero-order valence-corrected chi connectivity index (χ0v) is 15.0. The zero-order chi connectivity index (χ0) is 16.2. The van der Waals surface area contributed by atoms with Gasteiger partial charge >= 0.3 is 0 Å². The van der Waals surface area contributed by atoms with Gasteiger partial charge in [0.05, 0.1) is 4.90 Å². The van der Waals surface area contributed by atoms with E-state index in [0.29, 0.717) is 5.69 Å². The van der Waals surface area contributed by atoms with Crippen LogP contribution in [0.25, 0.3) is 0 Å². The molecule has 0 heterocycles. The topological polar surface area (TPSA) is 49.4 Å². The maximum Gasteiger partial charge on any atom is 0.261 e. The summed E-state index contributed by atoms with van der Waals surface area (Å²) in [5, 5.41) is 0.857. The van der Waals surface area contributed by atoms with Crippen molar-refractivity contribution in [3.05, 3.63) is 54.1 Å². The minimum Gasteiger partial charge on any atom is -0.378 e. The Morgan fingerprint density at radius 1 is 1.00 bits per heavy atom. The Bertz CT molecular complexity index is 711. The largest absolute Gasteiger partial charge is 0.378 e. The first-order chi connectivity index (χ1) is 10.4. The molecule has 0 fully saturated rings. The van der Waals surface area contributed by atoms with Gasteiger partial charge in [-0.05, 0) is 48.4 Å².